The number of alkyl carbamates (subject to hydrolysis) is 1. The van der Waals surface area contributed by atoms with E-state index in [2.05, 4.69) is 52.1 Å². The monoisotopic (exact) mass is 476 g/mol. The summed E-state index contributed by atoms with van der Waals surface area (Å²) in [6, 6.07) is 8.55. The van der Waals surface area contributed by atoms with Gasteiger partial charge in [-0.05, 0) is 46.1 Å². The van der Waals surface area contributed by atoms with E-state index in [0.717, 1.165) is 31.9 Å². The standard InChI is InChI=1S/C19H32N4O2.HI/c1-15-7-9-16(10-8-15)11-14-22-17(20-5)21-12-6-13-23-18(24)25-19(2,3)4;/h7-10H,6,11-14H2,1-5H3,(H,23,24)(H2,20,21,22);1H. The van der Waals surface area contributed by atoms with Gasteiger partial charge in [0.1, 0.15) is 5.60 Å². The molecule has 0 aliphatic heterocycles. The summed E-state index contributed by atoms with van der Waals surface area (Å²) in [4.78, 5) is 15.7. The Morgan fingerprint density at radius 2 is 1.62 bits per heavy atom. The first-order valence-corrected chi connectivity index (χ1v) is 8.77. The van der Waals surface area contributed by atoms with E-state index < -0.39 is 5.60 Å². The summed E-state index contributed by atoms with van der Waals surface area (Å²) in [5, 5.41) is 9.26. The minimum absolute atomic E-state index is 0. The third-order valence-electron chi connectivity index (χ3n) is 3.36. The van der Waals surface area contributed by atoms with Crippen LogP contribution in [0.1, 0.15) is 38.3 Å². The lowest BCUT2D eigenvalue weighted by molar-refractivity contribution is 0.0527. The molecule has 3 N–H and O–H groups in total. The van der Waals surface area contributed by atoms with Gasteiger partial charge in [-0.15, -0.1) is 24.0 Å². The largest absolute Gasteiger partial charge is 0.444 e. The predicted molar refractivity (Wildman–Crippen MR) is 119 cm³/mol. The van der Waals surface area contributed by atoms with Crippen molar-refractivity contribution in [2.75, 3.05) is 26.7 Å². The summed E-state index contributed by atoms with van der Waals surface area (Å²) in [6.45, 7) is 9.73. The van der Waals surface area contributed by atoms with Gasteiger partial charge in [-0.3, -0.25) is 4.99 Å². The van der Waals surface area contributed by atoms with Crippen LogP contribution in [-0.4, -0.2) is 44.3 Å². The van der Waals surface area contributed by atoms with E-state index in [9.17, 15) is 4.79 Å². The number of nitrogens with one attached hydrogen (secondary N) is 3. The van der Waals surface area contributed by atoms with Crippen molar-refractivity contribution >= 4 is 36.0 Å². The highest BCUT2D eigenvalue weighted by atomic mass is 127. The molecule has 1 aromatic rings. The lowest BCUT2D eigenvalue weighted by atomic mass is 10.1. The molecule has 0 heterocycles. The molecule has 7 heteroatoms. The molecule has 148 valence electrons. The maximum absolute atomic E-state index is 11.5. The van der Waals surface area contributed by atoms with Crippen molar-refractivity contribution < 1.29 is 9.53 Å². The highest BCUT2D eigenvalue weighted by molar-refractivity contribution is 14.0. The molecule has 1 amide bonds. The molecule has 26 heavy (non-hydrogen) atoms. The van der Waals surface area contributed by atoms with Gasteiger partial charge in [0.05, 0.1) is 0 Å². The molecule has 0 radical (unpaired) electrons. The molecule has 0 aromatic heterocycles. The molecule has 0 atom stereocenters. The SMILES string of the molecule is CN=C(NCCCNC(=O)OC(C)(C)C)NCCc1ccc(C)cc1.I. The highest BCUT2D eigenvalue weighted by Gasteiger charge is 2.15. The van der Waals surface area contributed by atoms with Crippen molar-refractivity contribution in [2.24, 2.45) is 4.99 Å². The number of nitrogens with zero attached hydrogens (tertiary/aromatic N) is 1. The number of carbonyl (C=O) groups excluding carboxylic acids is 1. The van der Waals surface area contributed by atoms with Gasteiger partial charge in [-0.25, -0.2) is 4.79 Å². The van der Waals surface area contributed by atoms with Crippen LogP contribution in [0, 0.1) is 6.92 Å². The first kappa shape index (κ1) is 24.5. The molecule has 0 saturated heterocycles. The van der Waals surface area contributed by atoms with Gasteiger partial charge in [-0.1, -0.05) is 29.8 Å². The van der Waals surface area contributed by atoms with Gasteiger partial charge in [0.25, 0.3) is 0 Å². The highest BCUT2D eigenvalue weighted by Crippen LogP contribution is 2.06. The number of benzene rings is 1. The maximum Gasteiger partial charge on any atom is 0.407 e. The molecule has 1 rings (SSSR count). The number of rotatable bonds is 7. The fourth-order valence-electron chi connectivity index (χ4n) is 2.10. The third-order valence-corrected chi connectivity index (χ3v) is 3.36. The predicted octanol–water partition coefficient (Wildman–Crippen LogP) is 3.24. The fraction of sp³-hybridized carbons (Fsp3) is 0.579. The van der Waals surface area contributed by atoms with Gasteiger partial charge < -0.3 is 20.7 Å². The van der Waals surface area contributed by atoms with Crippen LogP contribution in [0.5, 0.6) is 0 Å². The lowest BCUT2D eigenvalue weighted by Crippen LogP contribution is -2.40. The summed E-state index contributed by atoms with van der Waals surface area (Å²) < 4.78 is 5.18. The van der Waals surface area contributed by atoms with Gasteiger partial charge in [-0.2, -0.15) is 0 Å². The summed E-state index contributed by atoms with van der Waals surface area (Å²) in [5.41, 5.74) is 2.11. The van der Waals surface area contributed by atoms with Crippen LogP contribution >= 0.6 is 24.0 Å². The van der Waals surface area contributed by atoms with E-state index in [1.807, 2.05) is 20.8 Å². The Morgan fingerprint density at radius 3 is 2.19 bits per heavy atom. The number of hydrogen-bond acceptors (Lipinski definition) is 3. The average Bonchev–Trinajstić information content (AvgIpc) is 2.53. The van der Waals surface area contributed by atoms with Crippen LogP contribution in [-0.2, 0) is 11.2 Å². The van der Waals surface area contributed by atoms with Gasteiger partial charge in [0.2, 0.25) is 0 Å². The fourth-order valence-corrected chi connectivity index (χ4v) is 2.10. The van der Waals surface area contributed by atoms with E-state index in [1.165, 1.54) is 11.1 Å². The minimum Gasteiger partial charge on any atom is -0.444 e. The van der Waals surface area contributed by atoms with E-state index in [4.69, 9.17) is 4.74 Å². The van der Waals surface area contributed by atoms with Crippen LogP contribution in [0.3, 0.4) is 0 Å². The van der Waals surface area contributed by atoms with E-state index >= 15 is 0 Å². The number of guanidine groups is 1. The second-order valence-electron chi connectivity index (χ2n) is 6.94. The summed E-state index contributed by atoms with van der Waals surface area (Å²) in [7, 11) is 1.75. The topological polar surface area (TPSA) is 74.8 Å². The second-order valence-corrected chi connectivity index (χ2v) is 6.94. The summed E-state index contributed by atoms with van der Waals surface area (Å²) in [6.07, 6.45) is 1.35. The van der Waals surface area contributed by atoms with Crippen LogP contribution in [0.15, 0.2) is 29.3 Å². The van der Waals surface area contributed by atoms with Crippen molar-refractivity contribution in [3.8, 4) is 0 Å². The second kappa shape index (κ2) is 12.8. The van der Waals surface area contributed by atoms with Gasteiger partial charge in [0, 0.05) is 26.7 Å². The molecule has 1 aromatic carbocycles. The first-order valence-electron chi connectivity index (χ1n) is 8.77. The quantitative estimate of drug-likeness (QED) is 0.245. The number of aryl methyl sites for hydroxylation is 1. The van der Waals surface area contributed by atoms with Crippen molar-refractivity contribution in [2.45, 2.75) is 46.1 Å². The Kier molecular flexibility index (Phi) is 12.0. The molecule has 0 aliphatic rings. The molecular formula is C19H33IN4O2. The number of halogens is 1. The minimum atomic E-state index is -0.467. The van der Waals surface area contributed by atoms with Crippen molar-refractivity contribution in [3.05, 3.63) is 35.4 Å². The van der Waals surface area contributed by atoms with Crippen LogP contribution in [0.4, 0.5) is 4.79 Å². The summed E-state index contributed by atoms with van der Waals surface area (Å²) in [5.74, 6) is 0.768. The molecule has 0 aliphatic carbocycles. The van der Waals surface area contributed by atoms with Crippen LogP contribution in [0.2, 0.25) is 0 Å². The summed E-state index contributed by atoms with van der Waals surface area (Å²) >= 11 is 0. The van der Waals surface area contributed by atoms with Crippen molar-refractivity contribution in [1.82, 2.24) is 16.0 Å². The van der Waals surface area contributed by atoms with Crippen LogP contribution < -0.4 is 16.0 Å². The zero-order valence-electron chi connectivity index (χ0n) is 16.5. The van der Waals surface area contributed by atoms with Crippen LogP contribution in [0.25, 0.3) is 0 Å². The molecule has 0 saturated carbocycles. The molecule has 0 fully saturated rings. The van der Waals surface area contributed by atoms with Gasteiger partial charge >= 0.3 is 6.09 Å². The molecule has 0 spiro atoms. The Morgan fingerprint density at radius 1 is 1.04 bits per heavy atom. The van der Waals surface area contributed by atoms with Gasteiger partial charge in [0.15, 0.2) is 5.96 Å². The number of carbonyl (C=O) groups is 1. The third kappa shape index (κ3) is 11.9. The van der Waals surface area contributed by atoms with E-state index in [0.29, 0.717) is 6.54 Å². The molecule has 0 unspecified atom stereocenters. The number of aliphatic imine (C=N–C) groups is 1. The maximum atomic E-state index is 11.5. The molecule has 6 nitrogen and oxygen atoms in total. The van der Waals surface area contributed by atoms with Crippen molar-refractivity contribution in [3.63, 3.8) is 0 Å². The lowest BCUT2D eigenvalue weighted by Gasteiger charge is -2.19. The number of amides is 1. The first-order chi connectivity index (χ1) is 11.8. The zero-order valence-corrected chi connectivity index (χ0v) is 18.8. The average molecular weight is 476 g/mol. The number of ether oxygens (including phenoxy) is 1. The van der Waals surface area contributed by atoms with E-state index in [1.54, 1.807) is 7.05 Å². The zero-order chi connectivity index (χ0) is 18.7. The van der Waals surface area contributed by atoms with E-state index in [-0.39, 0.29) is 30.1 Å². The molecular weight excluding hydrogens is 443 g/mol. The number of hydrogen-bond donors (Lipinski definition) is 3. The van der Waals surface area contributed by atoms with Crippen molar-refractivity contribution in [1.29, 1.82) is 0 Å². The Balaban J connectivity index is 0.00000625. The smallest absolute Gasteiger partial charge is 0.407 e. The Labute approximate surface area is 174 Å². The molecule has 0 bridgehead atoms. The normalized spacial score (nSPS) is 11.3. The Bertz CT molecular complexity index is 554. The Hall–Kier alpha value is -1.51.